The molecule has 2 rings (SSSR count). The van der Waals surface area contributed by atoms with Crippen LogP contribution in [-0.2, 0) is 81.5 Å². The molecule has 17 nitrogen and oxygen atoms in total. The van der Waals surface area contributed by atoms with Crippen LogP contribution in [0.25, 0.3) is 0 Å². The van der Waals surface area contributed by atoms with Crippen molar-refractivity contribution >= 4 is 0 Å². The zero-order valence-corrected chi connectivity index (χ0v) is 40.3. The molecule has 0 N–H and O–H groups in total. The molecule has 0 bridgehead atoms. The molecule has 0 radical (unpaired) electrons. The van der Waals surface area contributed by atoms with Crippen LogP contribution >= 0.6 is 0 Å². The number of ether oxygens (including phenoxy) is 15. The van der Waals surface area contributed by atoms with Crippen molar-refractivity contribution in [1.29, 1.82) is 0 Å². The predicted molar refractivity (Wildman–Crippen MR) is 249 cm³/mol. The molecular weight excluding hydrogens is 861 g/mol. The van der Waals surface area contributed by atoms with Crippen molar-refractivity contribution in [3.05, 3.63) is 77.9 Å². The lowest BCUT2D eigenvalue weighted by atomic mass is 9.78. The van der Waals surface area contributed by atoms with E-state index in [1.165, 1.54) is 11.1 Å². The van der Waals surface area contributed by atoms with E-state index < -0.39 is 0 Å². The highest BCUT2D eigenvalue weighted by Gasteiger charge is 2.22. The fourth-order valence-electron chi connectivity index (χ4n) is 5.46. The number of rotatable bonds is 51. The van der Waals surface area contributed by atoms with Crippen molar-refractivity contribution in [1.82, 2.24) is 0 Å². The van der Waals surface area contributed by atoms with Crippen molar-refractivity contribution < 1.29 is 80.8 Å². The molecule has 0 saturated carbocycles. The maximum Gasteiger partial charge on any atom is 0.119 e. The zero-order valence-electron chi connectivity index (χ0n) is 40.3. The first-order valence-corrected chi connectivity index (χ1v) is 23.3. The van der Waals surface area contributed by atoms with Gasteiger partial charge < -0.3 is 71.1 Å². The summed E-state index contributed by atoms with van der Waals surface area (Å²) in [6.07, 6.45) is 0. The summed E-state index contributed by atoms with van der Waals surface area (Å²) in [5.74, 6) is 0.831. The highest BCUT2D eigenvalue weighted by atomic mass is 17.2. The van der Waals surface area contributed by atoms with E-state index >= 15 is 0 Å². The molecule has 380 valence electrons. The standard InChI is InChI=1S/C49H82O17/c1-45(2)44-66-65-43-41-63-39-37-61-35-33-59-31-29-57-27-25-55-23-21-53-19-17-51-15-14-50-16-18-52-20-22-54-24-26-56-28-30-58-32-34-60-36-38-62-40-42-64-48-12-10-47(11-13-48)49(3,4)46-8-6-5-7-9-46/h5-13H,1,14-44H2,2-4H3. The lowest BCUT2D eigenvalue weighted by Crippen LogP contribution is -2.18. The third-order valence-electron chi connectivity index (χ3n) is 9.10. The molecule has 0 spiro atoms. The van der Waals surface area contributed by atoms with Gasteiger partial charge in [-0.25, -0.2) is 9.78 Å². The zero-order chi connectivity index (χ0) is 47.1. The average molecular weight is 943 g/mol. The van der Waals surface area contributed by atoms with E-state index in [9.17, 15) is 0 Å². The van der Waals surface area contributed by atoms with Crippen molar-refractivity contribution in [2.75, 3.05) is 205 Å². The van der Waals surface area contributed by atoms with E-state index in [0.717, 1.165) is 11.3 Å². The van der Waals surface area contributed by atoms with Crippen LogP contribution < -0.4 is 4.74 Å². The quantitative estimate of drug-likeness (QED) is 0.0371. The first-order chi connectivity index (χ1) is 32.5. The smallest absolute Gasteiger partial charge is 0.119 e. The van der Waals surface area contributed by atoms with Crippen molar-refractivity contribution in [2.24, 2.45) is 0 Å². The lowest BCUT2D eigenvalue weighted by Gasteiger charge is -2.26. The first-order valence-electron chi connectivity index (χ1n) is 23.3. The van der Waals surface area contributed by atoms with Gasteiger partial charge in [-0.3, -0.25) is 0 Å². The molecule has 0 atom stereocenters. The summed E-state index contributed by atoms with van der Waals surface area (Å²) in [5.41, 5.74) is 3.35. The van der Waals surface area contributed by atoms with Gasteiger partial charge in [-0.05, 0) is 30.2 Å². The van der Waals surface area contributed by atoms with Gasteiger partial charge in [0.15, 0.2) is 0 Å². The van der Waals surface area contributed by atoms with E-state index in [2.05, 4.69) is 56.8 Å². The minimum absolute atomic E-state index is 0.0738. The summed E-state index contributed by atoms with van der Waals surface area (Å²) >= 11 is 0. The molecule has 0 amide bonds. The second-order valence-corrected chi connectivity index (χ2v) is 15.0. The molecule has 17 heteroatoms. The van der Waals surface area contributed by atoms with Crippen LogP contribution in [0.2, 0.25) is 0 Å². The second kappa shape index (κ2) is 44.8. The summed E-state index contributed by atoms with van der Waals surface area (Å²) in [6, 6.07) is 18.8. The van der Waals surface area contributed by atoms with Crippen LogP contribution in [0.5, 0.6) is 5.75 Å². The van der Waals surface area contributed by atoms with Crippen LogP contribution in [0, 0.1) is 0 Å². The van der Waals surface area contributed by atoms with Gasteiger partial charge in [-0.1, -0.05) is 68.5 Å². The lowest BCUT2D eigenvalue weighted by molar-refractivity contribution is -0.292. The molecule has 0 aromatic heterocycles. The first kappa shape index (κ1) is 59.5. The maximum atomic E-state index is 5.83. The van der Waals surface area contributed by atoms with Gasteiger partial charge in [-0.15, -0.1) is 0 Å². The van der Waals surface area contributed by atoms with E-state index in [1.807, 2.05) is 25.1 Å². The summed E-state index contributed by atoms with van der Waals surface area (Å²) in [7, 11) is 0. The molecule has 0 aliphatic carbocycles. The molecule has 0 unspecified atom stereocenters. The van der Waals surface area contributed by atoms with Crippen molar-refractivity contribution in [3.8, 4) is 5.75 Å². The molecule has 0 fully saturated rings. The monoisotopic (exact) mass is 943 g/mol. The third-order valence-corrected chi connectivity index (χ3v) is 9.10. The summed E-state index contributed by atoms with van der Waals surface area (Å²) < 4.78 is 83.0. The molecule has 0 saturated heterocycles. The Morgan fingerprint density at radius 2 is 0.591 bits per heavy atom. The summed E-state index contributed by atoms with van der Waals surface area (Å²) in [6.45, 7) is 25.1. The van der Waals surface area contributed by atoms with Gasteiger partial charge in [0.1, 0.15) is 25.6 Å². The van der Waals surface area contributed by atoms with E-state index in [4.69, 9.17) is 80.8 Å². The normalized spacial score (nSPS) is 11.7. The maximum absolute atomic E-state index is 5.83. The highest BCUT2D eigenvalue weighted by molar-refractivity contribution is 5.39. The van der Waals surface area contributed by atoms with Crippen LogP contribution in [0.4, 0.5) is 0 Å². The molecule has 0 aliphatic heterocycles. The Morgan fingerprint density at radius 3 is 0.879 bits per heavy atom. The Bertz CT molecular complexity index is 1320. The van der Waals surface area contributed by atoms with E-state index in [0.29, 0.717) is 205 Å². The highest BCUT2D eigenvalue weighted by Crippen LogP contribution is 2.32. The molecule has 0 heterocycles. The minimum Gasteiger partial charge on any atom is -0.491 e. The topological polar surface area (TPSA) is 157 Å². The van der Waals surface area contributed by atoms with Gasteiger partial charge in [0, 0.05) is 5.41 Å². The minimum atomic E-state index is -0.0738. The SMILES string of the molecule is C=C(C)COOCCOCCOCCOCCOCCOCCOCCOCCOCCOCCOCCOCCOCCOCCOCCOc1ccc(C(C)(C)c2ccccc2)cc1. The van der Waals surface area contributed by atoms with Gasteiger partial charge in [0.25, 0.3) is 0 Å². The van der Waals surface area contributed by atoms with Gasteiger partial charge >= 0.3 is 0 Å². The Hall–Kier alpha value is -2.66. The Labute approximate surface area is 394 Å². The largest absolute Gasteiger partial charge is 0.491 e. The average Bonchev–Trinajstić information content (AvgIpc) is 3.32. The van der Waals surface area contributed by atoms with Gasteiger partial charge in [-0.2, -0.15) is 0 Å². The fraction of sp³-hybridized carbons (Fsp3) is 0.714. The number of hydrogen-bond acceptors (Lipinski definition) is 17. The van der Waals surface area contributed by atoms with E-state index in [1.54, 1.807) is 0 Å². The van der Waals surface area contributed by atoms with Gasteiger partial charge in [0.2, 0.25) is 0 Å². The Morgan fingerprint density at radius 1 is 0.333 bits per heavy atom. The molecule has 2 aromatic carbocycles. The summed E-state index contributed by atoms with van der Waals surface area (Å²) in [4.78, 5) is 9.86. The van der Waals surface area contributed by atoms with Crippen LogP contribution in [-0.4, -0.2) is 205 Å². The number of hydrogen-bond donors (Lipinski definition) is 0. The van der Waals surface area contributed by atoms with Crippen LogP contribution in [0.1, 0.15) is 31.9 Å². The van der Waals surface area contributed by atoms with E-state index in [-0.39, 0.29) is 5.41 Å². The second-order valence-electron chi connectivity index (χ2n) is 15.0. The molecule has 66 heavy (non-hydrogen) atoms. The van der Waals surface area contributed by atoms with Crippen molar-refractivity contribution in [2.45, 2.75) is 26.2 Å². The third kappa shape index (κ3) is 36.4. The molecule has 2 aromatic rings. The Balaban J connectivity index is 1.15. The Kier molecular flexibility index (Phi) is 40.4. The summed E-state index contributed by atoms with van der Waals surface area (Å²) in [5, 5.41) is 0. The predicted octanol–water partition coefficient (Wildman–Crippen LogP) is 5.15. The van der Waals surface area contributed by atoms with Gasteiger partial charge in [0.05, 0.1) is 185 Å². The molecule has 0 aliphatic rings. The number of benzene rings is 2. The fourth-order valence-corrected chi connectivity index (χ4v) is 5.46. The van der Waals surface area contributed by atoms with Crippen molar-refractivity contribution in [3.63, 3.8) is 0 Å². The molecular formula is C49H82O17. The van der Waals surface area contributed by atoms with Crippen LogP contribution in [0.15, 0.2) is 66.7 Å². The van der Waals surface area contributed by atoms with Crippen LogP contribution in [0.3, 0.4) is 0 Å².